The van der Waals surface area contributed by atoms with Gasteiger partial charge in [0.25, 0.3) is 0 Å². The zero-order chi connectivity index (χ0) is 6.41. The van der Waals surface area contributed by atoms with Crippen LogP contribution in [0.2, 0.25) is 0 Å². The van der Waals surface area contributed by atoms with Gasteiger partial charge in [0.15, 0.2) is 0 Å². The zero-order valence-electron chi connectivity index (χ0n) is 4.78. The fourth-order valence-corrected chi connectivity index (χ4v) is 0.680. The highest BCUT2D eigenvalue weighted by Gasteiger charge is 1.93. The lowest BCUT2D eigenvalue weighted by Gasteiger charge is -1.95. The lowest BCUT2D eigenvalue weighted by atomic mass is 10.3. The predicted octanol–water partition coefficient (Wildman–Crippen LogP) is 2.35. The molecule has 1 unspecified atom stereocenters. The third-order valence-corrected chi connectivity index (χ3v) is 1.09. The molecule has 8 heavy (non-hydrogen) atoms. The molecular formula is C4H9N3S. The van der Waals surface area contributed by atoms with Crippen molar-refractivity contribution in [2.24, 2.45) is 5.11 Å². The van der Waals surface area contributed by atoms with Gasteiger partial charge in [-0.15, -0.1) is 0 Å². The van der Waals surface area contributed by atoms with E-state index in [1.54, 1.807) is 0 Å². The molecule has 0 saturated heterocycles. The number of thiol groups is 1. The topological polar surface area (TPSA) is 48.8 Å². The molecule has 0 N–H and O–H groups in total. The van der Waals surface area contributed by atoms with E-state index >= 15 is 0 Å². The molecule has 0 fully saturated rings. The molecule has 0 aliphatic heterocycles. The molecule has 0 amide bonds. The van der Waals surface area contributed by atoms with Gasteiger partial charge in [0.1, 0.15) is 0 Å². The largest absolute Gasteiger partial charge is 0.170 e. The second-order valence-corrected chi connectivity index (χ2v) is 2.07. The van der Waals surface area contributed by atoms with Crippen molar-refractivity contribution in [1.82, 2.24) is 0 Å². The normalized spacial score (nSPS) is 12.2. The van der Waals surface area contributed by atoms with Gasteiger partial charge < -0.3 is 0 Å². The van der Waals surface area contributed by atoms with Gasteiger partial charge in [-0.1, -0.05) is 18.5 Å². The van der Waals surface area contributed by atoms with Crippen molar-refractivity contribution in [3.63, 3.8) is 0 Å². The summed E-state index contributed by atoms with van der Waals surface area (Å²) < 4.78 is 0. The van der Waals surface area contributed by atoms with Gasteiger partial charge in [-0.25, -0.2) is 0 Å². The maximum atomic E-state index is 7.87. The van der Waals surface area contributed by atoms with Crippen LogP contribution in [-0.2, 0) is 0 Å². The van der Waals surface area contributed by atoms with Crippen molar-refractivity contribution >= 4 is 12.6 Å². The number of hydrogen-bond acceptors (Lipinski definition) is 2. The number of rotatable bonds is 3. The van der Waals surface area contributed by atoms with E-state index in [1.165, 1.54) is 0 Å². The van der Waals surface area contributed by atoms with Crippen LogP contribution in [-0.4, -0.2) is 5.37 Å². The van der Waals surface area contributed by atoms with Crippen LogP contribution < -0.4 is 0 Å². The van der Waals surface area contributed by atoms with Crippen LogP contribution in [0.25, 0.3) is 10.4 Å². The Labute approximate surface area is 54.1 Å². The smallest absolute Gasteiger partial charge is 0.0803 e. The summed E-state index contributed by atoms with van der Waals surface area (Å²) in [6, 6.07) is 0. The maximum absolute atomic E-state index is 7.87. The SMILES string of the molecule is CCCC(S)N=[N+]=[N-]. The Morgan fingerprint density at radius 2 is 2.50 bits per heavy atom. The highest BCUT2D eigenvalue weighted by molar-refractivity contribution is 7.80. The average Bonchev–Trinajstić information content (AvgIpc) is 1.68. The Kier molecular flexibility index (Phi) is 4.61. The molecule has 0 spiro atoms. The first-order valence-corrected chi connectivity index (χ1v) is 3.05. The molecule has 0 bridgehead atoms. The van der Waals surface area contributed by atoms with E-state index in [-0.39, 0.29) is 5.37 Å². The molecule has 46 valence electrons. The van der Waals surface area contributed by atoms with E-state index in [4.69, 9.17) is 5.53 Å². The van der Waals surface area contributed by atoms with Crippen molar-refractivity contribution in [3.8, 4) is 0 Å². The minimum absolute atomic E-state index is 0.134. The van der Waals surface area contributed by atoms with Gasteiger partial charge in [-0.3, -0.25) is 0 Å². The Bertz CT molecular complexity index is 97.5. The molecule has 0 heterocycles. The van der Waals surface area contributed by atoms with Crippen molar-refractivity contribution in [1.29, 1.82) is 0 Å². The second kappa shape index (κ2) is 4.81. The summed E-state index contributed by atoms with van der Waals surface area (Å²) in [4.78, 5) is 2.60. The van der Waals surface area contributed by atoms with Crippen LogP contribution >= 0.6 is 12.6 Å². The average molecular weight is 131 g/mol. The molecular weight excluding hydrogens is 122 g/mol. The van der Waals surface area contributed by atoms with Gasteiger partial charge in [0.05, 0.1) is 5.37 Å². The molecule has 0 saturated carbocycles. The summed E-state index contributed by atoms with van der Waals surface area (Å²) in [5.41, 5.74) is 7.87. The van der Waals surface area contributed by atoms with Crippen LogP contribution in [0.3, 0.4) is 0 Å². The maximum Gasteiger partial charge on any atom is 0.0803 e. The first kappa shape index (κ1) is 7.66. The molecule has 0 aromatic heterocycles. The van der Waals surface area contributed by atoms with Crippen molar-refractivity contribution in [3.05, 3.63) is 10.4 Å². The summed E-state index contributed by atoms with van der Waals surface area (Å²) in [5, 5.41) is 3.22. The van der Waals surface area contributed by atoms with E-state index < -0.39 is 0 Å². The molecule has 0 aliphatic rings. The van der Waals surface area contributed by atoms with Crippen LogP contribution in [0.1, 0.15) is 19.8 Å². The fraction of sp³-hybridized carbons (Fsp3) is 1.00. The van der Waals surface area contributed by atoms with Gasteiger partial charge in [0.2, 0.25) is 0 Å². The second-order valence-electron chi connectivity index (χ2n) is 1.47. The monoisotopic (exact) mass is 131 g/mol. The minimum atomic E-state index is -0.134. The van der Waals surface area contributed by atoms with E-state index in [2.05, 4.69) is 22.7 Å². The molecule has 0 aromatic rings. The predicted molar refractivity (Wildman–Crippen MR) is 36.8 cm³/mol. The number of nitrogens with zero attached hydrogens (tertiary/aromatic N) is 3. The quantitative estimate of drug-likeness (QED) is 0.264. The van der Waals surface area contributed by atoms with Crippen LogP contribution in [0.5, 0.6) is 0 Å². The molecule has 0 rings (SSSR count). The Hall–Kier alpha value is -0.340. The lowest BCUT2D eigenvalue weighted by Crippen LogP contribution is -1.88. The molecule has 0 radical (unpaired) electrons. The minimum Gasteiger partial charge on any atom is -0.170 e. The molecule has 3 nitrogen and oxygen atoms in total. The van der Waals surface area contributed by atoms with Crippen molar-refractivity contribution in [2.45, 2.75) is 25.1 Å². The fourth-order valence-electron chi connectivity index (χ4n) is 0.376. The van der Waals surface area contributed by atoms with Crippen LogP contribution in [0.4, 0.5) is 0 Å². The summed E-state index contributed by atoms with van der Waals surface area (Å²) in [6.45, 7) is 2.02. The van der Waals surface area contributed by atoms with Crippen molar-refractivity contribution < 1.29 is 0 Å². The van der Waals surface area contributed by atoms with Gasteiger partial charge in [-0.2, -0.15) is 12.6 Å². The molecule has 0 aromatic carbocycles. The van der Waals surface area contributed by atoms with Gasteiger partial charge >= 0.3 is 0 Å². The van der Waals surface area contributed by atoms with E-state index in [9.17, 15) is 0 Å². The third kappa shape index (κ3) is 3.84. The summed E-state index contributed by atoms with van der Waals surface area (Å²) in [7, 11) is 0. The molecule has 0 aliphatic carbocycles. The third-order valence-electron chi connectivity index (χ3n) is 0.732. The zero-order valence-corrected chi connectivity index (χ0v) is 5.67. The first-order valence-electron chi connectivity index (χ1n) is 2.53. The Morgan fingerprint density at radius 3 is 2.88 bits per heavy atom. The first-order chi connectivity index (χ1) is 3.81. The highest BCUT2D eigenvalue weighted by Crippen LogP contribution is 2.04. The lowest BCUT2D eigenvalue weighted by molar-refractivity contribution is 0.764. The molecule has 1 atom stereocenters. The van der Waals surface area contributed by atoms with Gasteiger partial charge in [-0.05, 0) is 12.0 Å². The van der Waals surface area contributed by atoms with E-state index in [1.807, 2.05) is 6.92 Å². The standard InChI is InChI=1S/C4H9N3S/c1-2-3-4(8)6-7-5/h4,8H,2-3H2,1H3. The number of azide groups is 1. The Balaban J connectivity index is 3.31. The number of hydrogen-bond donors (Lipinski definition) is 1. The van der Waals surface area contributed by atoms with Crippen LogP contribution in [0, 0.1) is 0 Å². The summed E-state index contributed by atoms with van der Waals surface area (Å²) in [6.07, 6.45) is 1.86. The summed E-state index contributed by atoms with van der Waals surface area (Å²) in [5.74, 6) is 0. The van der Waals surface area contributed by atoms with E-state index in [0.29, 0.717) is 0 Å². The summed E-state index contributed by atoms with van der Waals surface area (Å²) >= 11 is 3.97. The van der Waals surface area contributed by atoms with Crippen molar-refractivity contribution in [2.75, 3.05) is 0 Å². The van der Waals surface area contributed by atoms with Gasteiger partial charge in [0, 0.05) is 4.91 Å². The Morgan fingerprint density at radius 1 is 1.88 bits per heavy atom. The molecule has 4 heteroatoms. The highest BCUT2D eigenvalue weighted by atomic mass is 32.1. The van der Waals surface area contributed by atoms with E-state index in [0.717, 1.165) is 12.8 Å². The van der Waals surface area contributed by atoms with Crippen LogP contribution in [0.15, 0.2) is 5.11 Å².